The second-order valence-corrected chi connectivity index (χ2v) is 4.58. The second kappa shape index (κ2) is 5.13. The van der Waals surface area contributed by atoms with E-state index in [-0.39, 0.29) is 12.1 Å². The molecule has 16 heavy (non-hydrogen) atoms. The molecular weight excluding hydrogens is 234 g/mol. The summed E-state index contributed by atoms with van der Waals surface area (Å²) in [7, 11) is -4.42. The van der Waals surface area contributed by atoms with Crippen molar-refractivity contribution in [3.05, 3.63) is 23.1 Å². The quantitative estimate of drug-likeness (QED) is 0.278. The van der Waals surface area contributed by atoms with Gasteiger partial charge in [0.2, 0.25) is 0 Å². The van der Waals surface area contributed by atoms with E-state index in [4.69, 9.17) is 4.55 Å². The minimum Gasteiger partial charge on any atom is -0.624 e. The Balaban J connectivity index is 2.94. The number of hydroxylamine groups is 1. The number of furan rings is 1. The highest BCUT2D eigenvalue weighted by Gasteiger charge is 2.20. The molecule has 0 spiro atoms. The Hall–Kier alpha value is -1.34. The average molecular weight is 247 g/mol. The Bertz CT molecular complexity index is 474. The Morgan fingerprint density at radius 2 is 2.31 bits per heavy atom. The van der Waals surface area contributed by atoms with Crippen LogP contribution in [0.2, 0.25) is 0 Å². The van der Waals surface area contributed by atoms with Crippen LogP contribution in [0.25, 0.3) is 0 Å². The van der Waals surface area contributed by atoms with Crippen LogP contribution in [0, 0.1) is 5.21 Å². The van der Waals surface area contributed by atoms with Crippen LogP contribution in [0.15, 0.2) is 21.8 Å². The summed E-state index contributed by atoms with van der Waals surface area (Å²) in [5.74, 6) is 0. The van der Waals surface area contributed by atoms with Crippen molar-refractivity contribution in [1.29, 1.82) is 0 Å². The van der Waals surface area contributed by atoms with Crippen LogP contribution < -0.4 is 0 Å². The fourth-order valence-electron chi connectivity index (χ4n) is 1.14. The summed E-state index contributed by atoms with van der Waals surface area (Å²) in [5.41, 5.74) is 0.0496. The highest BCUT2D eigenvalue weighted by atomic mass is 32.2. The molecule has 0 aliphatic rings. The molecule has 0 amide bonds. The summed E-state index contributed by atoms with van der Waals surface area (Å²) in [5, 5.41) is 10.7. The SMILES string of the molecule is CCCC[N+]([O-])=Cc1ccoc1S(=O)(=O)O. The van der Waals surface area contributed by atoms with Crippen LogP contribution >= 0.6 is 0 Å². The lowest BCUT2D eigenvalue weighted by atomic mass is 10.3. The van der Waals surface area contributed by atoms with E-state index in [1.54, 1.807) is 0 Å². The summed E-state index contributed by atoms with van der Waals surface area (Å²) in [6, 6.07) is 1.31. The van der Waals surface area contributed by atoms with Crippen molar-refractivity contribution in [2.45, 2.75) is 24.9 Å². The monoisotopic (exact) mass is 247 g/mol. The summed E-state index contributed by atoms with van der Waals surface area (Å²) in [6.07, 6.45) is 3.76. The van der Waals surface area contributed by atoms with E-state index >= 15 is 0 Å². The molecule has 6 nitrogen and oxygen atoms in total. The number of rotatable bonds is 5. The van der Waals surface area contributed by atoms with Gasteiger partial charge in [-0.05, 0) is 6.07 Å². The van der Waals surface area contributed by atoms with Crippen LogP contribution in [0.4, 0.5) is 0 Å². The summed E-state index contributed by atoms with van der Waals surface area (Å²) >= 11 is 0. The van der Waals surface area contributed by atoms with Gasteiger partial charge in [0.15, 0.2) is 12.8 Å². The van der Waals surface area contributed by atoms with Gasteiger partial charge < -0.3 is 9.62 Å². The smallest absolute Gasteiger partial charge is 0.329 e. The number of hydrogen-bond acceptors (Lipinski definition) is 4. The Kier molecular flexibility index (Phi) is 4.08. The van der Waals surface area contributed by atoms with E-state index in [0.29, 0.717) is 11.2 Å². The van der Waals surface area contributed by atoms with Crippen molar-refractivity contribution in [1.82, 2.24) is 0 Å². The van der Waals surface area contributed by atoms with Gasteiger partial charge in [-0.15, -0.1) is 0 Å². The molecule has 0 aliphatic carbocycles. The molecular formula is C9H13NO5S. The Morgan fingerprint density at radius 1 is 1.62 bits per heavy atom. The summed E-state index contributed by atoms with van der Waals surface area (Å²) in [6.45, 7) is 2.21. The number of nitrogens with zero attached hydrogens (tertiary/aromatic N) is 1. The third kappa shape index (κ3) is 3.35. The Morgan fingerprint density at radius 3 is 2.88 bits per heavy atom. The third-order valence-electron chi connectivity index (χ3n) is 1.91. The molecule has 1 rings (SSSR count). The third-order valence-corrected chi connectivity index (χ3v) is 2.71. The van der Waals surface area contributed by atoms with Crippen molar-refractivity contribution < 1.29 is 22.1 Å². The van der Waals surface area contributed by atoms with Crippen LogP contribution in [0.5, 0.6) is 0 Å². The maximum absolute atomic E-state index is 11.3. The largest absolute Gasteiger partial charge is 0.624 e. The zero-order valence-electron chi connectivity index (χ0n) is 8.79. The molecule has 0 unspecified atom stereocenters. The van der Waals surface area contributed by atoms with Crippen molar-refractivity contribution in [2.24, 2.45) is 0 Å². The zero-order chi connectivity index (χ0) is 12.2. The fourth-order valence-corrected chi connectivity index (χ4v) is 1.74. The van der Waals surface area contributed by atoms with Crippen molar-refractivity contribution in [3.8, 4) is 0 Å². The predicted molar refractivity (Wildman–Crippen MR) is 57.1 cm³/mol. The van der Waals surface area contributed by atoms with Gasteiger partial charge in [-0.25, -0.2) is 4.74 Å². The molecule has 0 aromatic carbocycles. The fraction of sp³-hybridized carbons (Fsp3) is 0.444. The van der Waals surface area contributed by atoms with E-state index in [1.165, 1.54) is 6.07 Å². The standard InChI is InChI=1S/C9H13NO5S/c1-2-3-5-10(11)7-8-4-6-15-9(8)16(12,13)14/h4,6-7H,2-3,5H2,1H3,(H,12,13,14). The topological polar surface area (TPSA) is 93.6 Å². The molecule has 0 aliphatic heterocycles. The number of unbranched alkanes of at least 4 members (excludes halogenated alkanes) is 1. The van der Waals surface area contributed by atoms with Crippen molar-refractivity contribution >= 4 is 16.3 Å². The van der Waals surface area contributed by atoms with Crippen LogP contribution in [0.1, 0.15) is 25.3 Å². The van der Waals surface area contributed by atoms with E-state index in [1.807, 2.05) is 6.92 Å². The molecule has 1 N–H and O–H groups in total. The minimum atomic E-state index is -4.42. The lowest BCUT2D eigenvalue weighted by Crippen LogP contribution is -2.09. The molecule has 90 valence electrons. The first kappa shape index (κ1) is 12.7. The molecule has 7 heteroatoms. The van der Waals surface area contributed by atoms with Crippen molar-refractivity contribution in [3.63, 3.8) is 0 Å². The van der Waals surface area contributed by atoms with Gasteiger partial charge in [0.25, 0.3) is 5.09 Å². The van der Waals surface area contributed by atoms with Gasteiger partial charge in [0, 0.05) is 6.42 Å². The maximum atomic E-state index is 11.3. The van der Waals surface area contributed by atoms with Crippen LogP contribution in [0.3, 0.4) is 0 Å². The first-order valence-corrected chi connectivity index (χ1v) is 6.22. The van der Waals surface area contributed by atoms with Gasteiger partial charge in [0.1, 0.15) is 0 Å². The molecule has 0 radical (unpaired) electrons. The molecule has 0 fully saturated rings. The van der Waals surface area contributed by atoms with E-state index in [2.05, 4.69) is 4.42 Å². The molecule has 0 saturated heterocycles. The van der Waals surface area contributed by atoms with Gasteiger partial charge in [-0.3, -0.25) is 4.55 Å². The first-order valence-electron chi connectivity index (χ1n) is 4.78. The molecule has 0 bridgehead atoms. The van der Waals surface area contributed by atoms with Gasteiger partial charge >= 0.3 is 10.1 Å². The van der Waals surface area contributed by atoms with E-state index < -0.39 is 15.2 Å². The normalized spacial score (nSPS) is 13.0. The van der Waals surface area contributed by atoms with Gasteiger partial charge in [-0.1, -0.05) is 13.3 Å². The molecule has 1 heterocycles. The van der Waals surface area contributed by atoms with Crippen molar-refractivity contribution in [2.75, 3.05) is 6.54 Å². The van der Waals surface area contributed by atoms with Gasteiger partial charge in [0.05, 0.1) is 11.8 Å². The average Bonchev–Trinajstić information content (AvgIpc) is 2.62. The molecule has 0 saturated carbocycles. The second-order valence-electron chi connectivity index (χ2n) is 3.26. The molecule has 1 aromatic rings. The van der Waals surface area contributed by atoms with E-state index in [0.717, 1.165) is 18.9 Å². The lowest BCUT2D eigenvalue weighted by Gasteiger charge is -2.01. The Labute approximate surface area is 93.5 Å². The van der Waals surface area contributed by atoms with Gasteiger partial charge in [-0.2, -0.15) is 8.42 Å². The first-order chi connectivity index (χ1) is 7.45. The predicted octanol–water partition coefficient (Wildman–Crippen LogP) is 1.26. The number of hydrogen-bond donors (Lipinski definition) is 1. The maximum Gasteiger partial charge on any atom is 0.329 e. The lowest BCUT2D eigenvalue weighted by molar-refractivity contribution is -0.452. The molecule has 1 aromatic heterocycles. The van der Waals surface area contributed by atoms with Crippen LogP contribution in [-0.4, -0.2) is 30.5 Å². The highest BCUT2D eigenvalue weighted by molar-refractivity contribution is 7.85. The van der Waals surface area contributed by atoms with E-state index in [9.17, 15) is 13.6 Å². The zero-order valence-corrected chi connectivity index (χ0v) is 9.61. The summed E-state index contributed by atoms with van der Waals surface area (Å²) < 4.78 is 35.7. The summed E-state index contributed by atoms with van der Waals surface area (Å²) in [4.78, 5) is 0. The highest BCUT2D eigenvalue weighted by Crippen LogP contribution is 2.14. The molecule has 0 atom stereocenters. The minimum absolute atomic E-state index is 0.0496. The van der Waals surface area contributed by atoms with Crippen LogP contribution in [-0.2, 0) is 10.1 Å².